The lowest BCUT2D eigenvalue weighted by Crippen LogP contribution is -2.10. The second-order valence-corrected chi connectivity index (χ2v) is 8.41. The number of anilines is 1. The average molecular weight is 398 g/mol. The first-order valence-corrected chi connectivity index (χ1v) is 9.68. The third-order valence-corrected chi connectivity index (χ3v) is 5.10. The van der Waals surface area contributed by atoms with Crippen LogP contribution in [0.2, 0.25) is 5.02 Å². The summed E-state index contributed by atoms with van der Waals surface area (Å²) in [6.45, 7) is 6.56. The zero-order valence-corrected chi connectivity index (χ0v) is 16.9. The Labute approximate surface area is 168 Å². The normalized spacial score (nSPS) is 11.3. The Morgan fingerprint density at radius 3 is 2.44 bits per heavy atom. The van der Waals surface area contributed by atoms with E-state index in [4.69, 9.17) is 11.6 Å². The fraction of sp³-hybridized carbons (Fsp3) is 0.190. The summed E-state index contributed by atoms with van der Waals surface area (Å²) < 4.78 is 3.26. The van der Waals surface area contributed by atoms with Crippen LogP contribution >= 0.6 is 23.5 Å². The van der Waals surface area contributed by atoms with Crippen molar-refractivity contribution in [1.29, 1.82) is 0 Å². The number of carbonyl (C=O) groups is 1. The van der Waals surface area contributed by atoms with Crippen molar-refractivity contribution in [2.24, 2.45) is 0 Å². The lowest BCUT2D eigenvalue weighted by atomic mass is 9.87. The Morgan fingerprint density at radius 1 is 1.07 bits per heavy atom. The van der Waals surface area contributed by atoms with Crippen LogP contribution in [0.1, 0.15) is 42.4 Å². The number of hydrogen-bond donors (Lipinski definition) is 1. The van der Waals surface area contributed by atoms with Gasteiger partial charge in [0, 0.05) is 21.7 Å². The number of nitrogens with zero attached hydrogens (tertiary/aromatic N) is 2. The van der Waals surface area contributed by atoms with E-state index < -0.39 is 0 Å². The van der Waals surface area contributed by atoms with Crippen LogP contribution in [0.15, 0.2) is 66.0 Å². The summed E-state index contributed by atoms with van der Waals surface area (Å²) in [5.74, 6) is -0.203. The van der Waals surface area contributed by atoms with Crippen molar-refractivity contribution in [2.45, 2.75) is 31.1 Å². The quantitative estimate of drug-likeness (QED) is 0.437. The molecule has 0 aliphatic carbocycles. The molecule has 2 aromatic carbocycles. The molecule has 0 spiro atoms. The molecule has 0 unspecified atom stereocenters. The van der Waals surface area contributed by atoms with E-state index in [0.717, 1.165) is 4.90 Å². The third kappa shape index (κ3) is 4.87. The van der Waals surface area contributed by atoms with E-state index in [1.807, 2.05) is 0 Å². The number of hydrogen-bond acceptors (Lipinski definition) is 5. The van der Waals surface area contributed by atoms with Crippen LogP contribution in [0.25, 0.3) is 0 Å². The van der Waals surface area contributed by atoms with E-state index in [9.17, 15) is 4.79 Å². The smallest absolute Gasteiger partial charge is 0.213 e. The van der Waals surface area contributed by atoms with Crippen LogP contribution in [-0.4, -0.2) is 15.8 Å². The number of nitrogens with one attached hydrogen (secondary N) is 1. The van der Waals surface area contributed by atoms with Crippen molar-refractivity contribution < 1.29 is 4.79 Å². The molecule has 0 radical (unpaired) electrons. The largest absolute Gasteiger partial charge is 0.325 e. The first-order valence-electron chi connectivity index (χ1n) is 8.48. The van der Waals surface area contributed by atoms with Crippen LogP contribution in [0, 0.1) is 0 Å². The maximum Gasteiger partial charge on any atom is 0.213 e. The average Bonchev–Trinajstić information content (AvgIpc) is 2.66. The number of aromatic nitrogens is 2. The predicted octanol–water partition coefficient (Wildman–Crippen LogP) is 5.78. The minimum Gasteiger partial charge on any atom is -0.325 e. The maximum atomic E-state index is 12.8. The molecule has 0 bridgehead atoms. The predicted molar refractivity (Wildman–Crippen MR) is 112 cm³/mol. The van der Waals surface area contributed by atoms with Gasteiger partial charge in [0.05, 0.1) is 5.69 Å². The van der Waals surface area contributed by atoms with Gasteiger partial charge >= 0.3 is 0 Å². The highest BCUT2D eigenvalue weighted by molar-refractivity contribution is 8.00. The van der Waals surface area contributed by atoms with E-state index >= 15 is 0 Å². The standard InChI is InChI=1S/C21H20ClN3OS/c1-21(2,3)14-4-7-16(8-5-14)27-25-18-9-6-15(22)12-17(18)20(26)19-10-11-23-13-24-19/h4-13,25H,1-3H3. The molecule has 1 N–H and O–H groups in total. The van der Waals surface area contributed by atoms with Crippen LogP contribution in [0.3, 0.4) is 0 Å². The molecule has 27 heavy (non-hydrogen) atoms. The van der Waals surface area contributed by atoms with Crippen molar-refractivity contribution in [1.82, 2.24) is 9.97 Å². The van der Waals surface area contributed by atoms with Gasteiger partial charge < -0.3 is 4.72 Å². The molecular formula is C21H20ClN3OS. The highest BCUT2D eigenvalue weighted by Crippen LogP contribution is 2.29. The number of rotatable bonds is 5. The van der Waals surface area contributed by atoms with Crippen LogP contribution in [-0.2, 0) is 5.41 Å². The summed E-state index contributed by atoms with van der Waals surface area (Å²) in [6, 6.07) is 15.2. The molecule has 4 nitrogen and oxygen atoms in total. The molecule has 1 heterocycles. The van der Waals surface area contributed by atoms with Gasteiger partial charge in [-0.1, -0.05) is 44.5 Å². The summed E-state index contributed by atoms with van der Waals surface area (Å²) in [5, 5.41) is 0.498. The van der Waals surface area contributed by atoms with Gasteiger partial charge in [0.2, 0.25) is 5.78 Å². The molecule has 0 aliphatic rings. The molecule has 3 aromatic rings. The highest BCUT2D eigenvalue weighted by atomic mass is 35.5. The topological polar surface area (TPSA) is 54.9 Å². The number of benzene rings is 2. The Hall–Kier alpha value is -2.37. The number of halogens is 1. The van der Waals surface area contributed by atoms with Crippen LogP contribution < -0.4 is 4.72 Å². The van der Waals surface area contributed by atoms with Crippen molar-refractivity contribution in [3.8, 4) is 0 Å². The van der Waals surface area contributed by atoms with Crippen molar-refractivity contribution in [3.63, 3.8) is 0 Å². The molecule has 0 amide bonds. The summed E-state index contributed by atoms with van der Waals surface area (Å²) in [4.78, 5) is 21.7. The molecule has 0 fully saturated rings. The number of ketones is 1. The maximum absolute atomic E-state index is 12.8. The van der Waals surface area contributed by atoms with Crippen molar-refractivity contribution >= 4 is 35.0 Å². The molecule has 0 atom stereocenters. The van der Waals surface area contributed by atoms with E-state index in [1.54, 1.807) is 30.5 Å². The Balaban J connectivity index is 1.80. The van der Waals surface area contributed by atoms with E-state index in [2.05, 4.69) is 59.7 Å². The molecule has 1 aromatic heterocycles. The van der Waals surface area contributed by atoms with Gasteiger partial charge in [0.1, 0.15) is 12.0 Å². The Morgan fingerprint density at radius 2 is 1.81 bits per heavy atom. The summed E-state index contributed by atoms with van der Waals surface area (Å²) >= 11 is 7.55. The molecule has 0 saturated carbocycles. The fourth-order valence-electron chi connectivity index (χ4n) is 2.49. The zero-order valence-electron chi connectivity index (χ0n) is 15.4. The van der Waals surface area contributed by atoms with Gasteiger partial charge in [0.15, 0.2) is 0 Å². The fourth-order valence-corrected chi connectivity index (χ4v) is 3.34. The molecule has 138 valence electrons. The molecule has 0 saturated heterocycles. The first-order chi connectivity index (χ1) is 12.8. The SMILES string of the molecule is CC(C)(C)c1ccc(SNc2ccc(Cl)cc2C(=O)c2ccncn2)cc1. The van der Waals surface area contributed by atoms with E-state index in [1.165, 1.54) is 23.8 Å². The Bertz CT molecular complexity index is 938. The monoisotopic (exact) mass is 397 g/mol. The first kappa shape index (κ1) is 19.4. The second-order valence-electron chi connectivity index (χ2n) is 7.09. The zero-order chi connectivity index (χ0) is 19.4. The molecule has 3 rings (SSSR count). The molecule has 6 heteroatoms. The van der Waals surface area contributed by atoms with Gasteiger partial charge in [-0.2, -0.15) is 0 Å². The summed E-state index contributed by atoms with van der Waals surface area (Å²) in [5.41, 5.74) is 2.88. The second kappa shape index (κ2) is 8.11. The summed E-state index contributed by atoms with van der Waals surface area (Å²) in [6.07, 6.45) is 2.90. The summed E-state index contributed by atoms with van der Waals surface area (Å²) in [7, 11) is 0. The lowest BCUT2D eigenvalue weighted by Gasteiger charge is -2.19. The van der Waals surface area contributed by atoms with Gasteiger partial charge in [-0.05, 0) is 59.3 Å². The highest BCUT2D eigenvalue weighted by Gasteiger charge is 2.16. The molecule has 0 aliphatic heterocycles. The number of carbonyl (C=O) groups excluding carboxylic acids is 1. The van der Waals surface area contributed by atoms with Gasteiger partial charge in [-0.25, -0.2) is 9.97 Å². The van der Waals surface area contributed by atoms with Crippen molar-refractivity contribution in [2.75, 3.05) is 4.72 Å². The van der Waals surface area contributed by atoms with Gasteiger partial charge in [-0.3, -0.25) is 4.79 Å². The van der Waals surface area contributed by atoms with E-state index in [0.29, 0.717) is 22.0 Å². The van der Waals surface area contributed by atoms with E-state index in [-0.39, 0.29) is 11.2 Å². The Kier molecular flexibility index (Phi) is 5.82. The van der Waals surface area contributed by atoms with Crippen LogP contribution in [0.4, 0.5) is 5.69 Å². The lowest BCUT2D eigenvalue weighted by molar-refractivity contribution is 0.103. The third-order valence-electron chi connectivity index (χ3n) is 4.04. The molecular weight excluding hydrogens is 378 g/mol. The van der Waals surface area contributed by atoms with Gasteiger partial charge in [0.25, 0.3) is 0 Å². The van der Waals surface area contributed by atoms with Crippen LogP contribution in [0.5, 0.6) is 0 Å². The van der Waals surface area contributed by atoms with Gasteiger partial charge in [-0.15, -0.1) is 0 Å². The minimum atomic E-state index is -0.203. The van der Waals surface area contributed by atoms with Crippen molar-refractivity contribution in [3.05, 3.63) is 82.9 Å². The minimum absolute atomic E-state index is 0.115.